The van der Waals surface area contributed by atoms with Crippen molar-refractivity contribution < 1.29 is 22.0 Å². The van der Waals surface area contributed by atoms with Gasteiger partial charge in [0, 0.05) is 12.6 Å². The summed E-state index contributed by atoms with van der Waals surface area (Å²) in [6, 6.07) is 0.931. The molecule has 1 atom stereocenters. The van der Waals surface area contributed by atoms with E-state index in [-0.39, 0.29) is 10.9 Å². The lowest BCUT2D eigenvalue weighted by Crippen LogP contribution is -2.45. The summed E-state index contributed by atoms with van der Waals surface area (Å²) in [7, 11) is -4.75. The molecule has 1 fully saturated rings. The number of thiophene rings is 1. The molecule has 5 nitrogen and oxygen atoms in total. The number of amides is 1. The molecule has 112 valence electrons. The Hall–Kier alpha value is -1.06. The van der Waals surface area contributed by atoms with Crippen molar-refractivity contribution in [1.29, 1.82) is 0 Å². The van der Waals surface area contributed by atoms with Crippen molar-refractivity contribution in [3.05, 3.63) is 16.3 Å². The largest absolute Gasteiger partial charge is 0.347 e. The van der Waals surface area contributed by atoms with Crippen LogP contribution in [0, 0.1) is 0 Å². The van der Waals surface area contributed by atoms with Gasteiger partial charge in [-0.3, -0.25) is 4.79 Å². The summed E-state index contributed by atoms with van der Waals surface area (Å²) < 4.78 is 48.1. The van der Waals surface area contributed by atoms with Crippen LogP contribution < -0.4 is 10.6 Å². The van der Waals surface area contributed by atoms with Gasteiger partial charge in [0.25, 0.3) is 5.91 Å². The maximum absolute atomic E-state index is 12.6. The Balaban J connectivity index is 2.17. The van der Waals surface area contributed by atoms with Gasteiger partial charge in [-0.15, -0.1) is 11.3 Å². The third-order valence-corrected chi connectivity index (χ3v) is 5.47. The number of halogens is 2. The molecule has 0 saturated carbocycles. The predicted molar refractivity (Wildman–Crippen MR) is 70.9 cm³/mol. The summed E-state index contributed by atoms with van der Waals surface area (Å²) in [6.45, 7) is 1.46. The van der Waals surface area contributed by atoms with E-state index >= 15 is 0 Å². The van der Waals surface area contributed by atoms with Gasteiger partial charge in [0.15, 0.2) is 0 Å². The number of hydrogen-bond acceptors (Lipinski definition) is 5. The molecule has 20 heavy (non-hydrogen) atoms. The Bertz CT molecular complexity index is 580. The summed E-state index contributed by atoms with van der Waals surface area (Å²) in [4.78, 5) is 11.2. The van der Waals surface area contributed by atoms with E-state index in [2.05, 4.69) is 10.6 Å². The fourth-order valence-corrected chi connectivity index (χ4v) is 4.08. The molecule has 0 bridgehead atoms. The molecule has 1 aliphatic rings. The minimum absolute atomic E-state index is 0.111. The summed E-state index contributed by atoms with van der Waals surface area (Å²) in [6.07, 6.45) is 1.68. The van der Waals surface area contributed by atoms with Crippen LogP contribution in [0.1, 0.15) is 22.5 Å². The molecule has 2 N–H and O–H groups in total. The van der Waals surface area contributed by atoms with Crippen molar-refractivity contribution in [2.24, 2.45) is 0 Å². The van der Waals surface area contributed by atoms with E-state index in [0.29, 0.717) is 6.54 Å². The average Bonchev–Trinajstić information content (AvgIpc) is 2.89. The van der Waals surface area contributed by atoms with Crippen molar-refractivity contribution >= 4 is 27.1 Å². The van der Waals surface area contributed by atoms with Gasteiger partial charge in [0.2, 0.25) is 9.84 Å². The van der Waals surface area contributed by atoms with Crippen molar-refractivity contribution in [1.82, 2.24) is 10.6 Å². The first kappa shape index (κ1) is 15.3. The van der Waals surface area contributed by atoms with E-state index in [9.17, 15) is 22.0 Å². The van der Waals surface area contributed by atoms with Crippen LogP contribution in [0.2, 0.25) is 0 Å². The monoisotopic (exact) mass is 324 g/mol. The average molecular weight is 324 g/mol. The van der Waals surface area contributed by atoms with E-state index in [4.69, 9.17) is 0 Å². The Morgan fingerprint density at radius 1 is 1.50 bits per heavy atom. The number of carbonyl (C=O) groups excluding carboxylic acids is 1. The third kappa shape index (κ3) is 3.15. The van der Waals surface area contributed by atoms with Gasteiger partial charge in [-0.05, 0) is 30.8 Å². The topological polar surface area (TPSA) is 75.3 Å². The fourth-order valence-electron chi connectivity index (χ4n) is 2.01. The van der Waals surface area contributed by atoms with Gasteiger partial charge in [0.1, 0.15) is 4.88 Å². The predicted octanol–water partition coefficient (Wildman–Crippen LogP) is 1.23. The molecule has 0 aromatic carbocycles. The van der Waals surface area contributed by atoms with Crippen LogP contribution in [0.4, 0.5) is 8.78 Å². The number of alkyl halides is 2. The normalized spacial score (nSPS) is 20.1. The van der Waals surface area contributed by atoms with E-state index in [1.807, 2.05) is 0 Å². The van der Waals surface area contributed by atoms with Gasteiger partial charge in [-0.1, -0.05) is 0 Å². The first-order valence-corrected chi connectivity index (χ1v) is 8.46. The van der Waals surface area contributed by atoms with Gasteiger partial charge in [0.05, 0.1) is 4.90 Å². The second-order valence-electron chi connectivity index (χ2n) is 4.44. The molecule has 1 aromatic rings. The molecule has 1 aromatic heterocycles. The van der Waals surface area contributed by atoms with Crippen LogP contribution in [-0.4, -0.2) is 39.2 Å². The molecule has 1 aliphatic heterocycles. The summed E-state index contributed by atoms with van der Waals surface area (Å²) in [5.41, 5.74) is 0. The van der Waals surface area contributed by atoms with Gasteiger partial charge in [-0.25, -0.2) is 8.42 Å². The molecular formula is C11H14F2N2O3S2. The lowest BCUT2D eigenvalue weighted by Gasteiger charge is -2.23. The van der Waals surface area contributed by atoms with Gasteiger partial charge in [-0.2, -0.15) is 8.78 Å². The van der Waals surface area contributed by atoms with E-state index < -0.39 is 26.4 Å². The molecule has 1 unspecified atom stereocenters. The molecule has 9 heteroatoms. The van der Waals surface area contributed by atoms with E-state index in [0.717, 1.165) is 36.8 Å². The number of sulfone groups is 1. The Morgan fingerprint density at radius 2 is 2.25 bits per heavy atom. The highest BCUT2D eigenvalue weighted by atomic mass is 32.2. The Morgan fingerprint density at radius 3 is 2.85 bits per heavy atom. The highest BCUT2D eigenvalue weighted by Gasteiger charge is 2.32. The highest BCUT2D eigenvalue weighted by molar-refractivity contribution is 7.92. The van der Waals surface area contributed by atoms with Crippen molar-refractivity contribution in [2.75, 3.05) is 13.1 Å². The molecule has 0 radical (unpaired) electrons. The SMILES string of the molecule is O=C(NC1CCCNC1)c1sccc1S(=O)(=O)C(F)F. The third-order valence-electron chi connectivity index (χ3n) is 3.01. The van der Waals surface area contributed by atoms with Gasteiger partial charge >= 0.3 is 5.76 Å². The lowest BCUT2D eigenvalue weighted by molar-refractivity contribution is 0.0931. The number of hydrogen-bond donors (Lipinski definition) is 2. The van der Waals surface area contributed by atoms with Crippen LogP contribution in [-0.2, 0) is 9.84 Å². The van der Waals surface area contributed by atoms with Crippen LogP contribution in [0.15, 0.2) is 16.3 Å². The zero-order valence-electron chi connectivity index (χ0n) is 10.4. The number of rotatable bonds is 4. The zero-order chi connectivity index (χ0) is 14.8. The molecule has 0 spiro atoms. The molecule has 2 heterocycles. The molecule has 1 saturated heterocycles. The number of piperidine rings is 1. The number of carbonyl (C=O) groups is 1. The smallest absolute Gasteiger partial charge is 0.341 e. The summed E-state index contributed by atoms with van der Waals surface area (Å²) in [5.74, 6) is -4.15. The van der Waals surface area contributed by atoms with Crippen molar-refractivity contribution in [2.45, 2.75) is 29.5 Å². The second-order valence-corrected chi connectivity index (χ2v) is 7.24. The second kappa shape index (κ2) is 6.15. The quantitative estimate of drug-likeness (QED) is 0.873. The summed E-state index contributed by atoms with van der Waals surface area (Å²) in [5, 5.41) is 7.09. The highest BCUT2D eigenvalue weighted by Crippen LogP contribution is 2.26. The van der Waals surface area contributed by atoms with Crippen LogP contribution in [0.5, 0.6) is 0 Å². The number of nitrogens with one attached hydrogen (secondary N) is 2. The Kier molecular flexibility index (Phi) is 4.71. The van der Waals surface area contributed by atoms with Crippen LogP contribution in [0.25, 0.3) is 0 Å². The van der Waals surface area contributed by atoms with Gasteiger partial charge < -0.3 is 10.6 Å². The van der Waals surface area contributed by atoms with Crippen molar-refractivity contribution in [3.63, 3.8) is 0 Å². The standard InChI is InChI=1S/C11H14F2N2O3S2/c12-11(13)20(17,18)8-3-5-19-9(8)10(16)15-7-2-1-4-14-6-7/h3,5,7,11,14H,1-2,4,6H2,(H,15,16). The lowest BCUT2D eigenvalue weighted by atomic mass is 10.1. The minimum Gasteiger partial charge on any atom is -0.347 e. The molecule has 0 aliphatic carbocycles. The minimum atomic E-state index is -4.75. The first-order valence-electron chi connectivity index (χ1n) is 6.04. The maximum atomic E-state index is 12.6. The summed E-state index contributed by atoms with van der Waals surface area (Å²) >= 11 is 0.846. The Labute approximate surface area is 119 Å². The van der Waals surface area contributed by atoms with Crippen LogP contribution in [0.3, 0.4) is 0 Å². The fraction of sp³-hybridized carbons (Fsp3) is 0.545. The molecule has 2 rings (SSSR count). The van der Waals surface area contributed by atoms with E-state index in [1.165, 1.54) is 5.38 Å². The van der Waals surface area contributed by atoms with Crippen molar-refractivity contribution in [3.8, 4) is 0 Å². The zero-order valence-corrected chi connectivity index (χ0v) is 12.1. The first-order chi connectivity index (χ1) is 9.43. The molecular weight excluding hydrogens is 310 g/mol. The molecule has 1 amide bonds. The van der Waals surface area contributed by atoms with Crippen LogP contribution >= 0.6 is 11.3 Å². The maximum Gasteiger partial charge on any atom is 0.341 e. The van der Waals surface area contributed by atoms with E-state index in [1.54, 1.807) is 0 Å².